The Hall–Kier alpha value is -3.29. The third-order valence-electron chi connectivity index (χ3n) is 6.27. The molecule has 2 amide bonds. The lowest BCUT2D eigenvalue weighted by Crippen LogP contribution is -2.60. The number of nitriles is 1. The van der Waals surface area contributed by atoms with Crippen LogP contribution in [0.4, 0.5) is 10.5 Å². The van der Waals surface area contributed by atoms with Crippen LogP contribution in [0.2, 0.25) is 0 Å². The Labute approximate surface area is 213 Å². The van der Waals surface area contributed by atoms with Crippen LogP contribution in [-0.2, 0) is 20.7 Å². The van der Waals surface area contributed by atoms with Crippen LogP contribution < -0.4 is 21.3 Å². The van der Waals surface area contributed by atoms with Gasteiger partial charge in [0.1, 0.15) is 17.7 Å². The second kappa shape index (κ2) is 11.6. The van der Waals surface area contributed by atoms with E-state index in [4.69, 9.17) is 9.47 Å². The van der Waals surface area contributed by atoms with E-state index in [0.29, 0.717) is 13.0 Å². The van der Waals surface area contributed by atoms with Crippen molar-refractivity contribution >= 4 is 17.7 Å². The normalized spacial score (nSPS) is 22.8. The second-order valence-electron chi connectivity index (χ2n) is 10.5. The monoisotopic (exact) mass is 498 g/mol. The third kappa shape index (κ3) is 6.89. The van der Waals surface area contributed by atoms with Crippen molar-refractivity contribution in [1.29, 1.82) is 5.26 Å². The van der Waals surface area contributed by atoms with Crippen LogP contribution in [0.1, 0.15) is 53.0 Å². The zero-order valence-corrected chi connectivity index (χ0v) is 22.0. The molecule has 1 saturated heterocycles. The van der Waals surface area contributed by atoms with Crippen molar-refractivity contribution in [2.24, 2.45) is 5.92 Å². The number of methoxy groups -OCH3 is 1. The fourth-order valence-electron chi connectivity index (χ4n) is 4.48. The van der Waals surface area contributed by atoms with Gasteiger partial charge in [0.15, 0.2) is 0 Å². The van der Waals surface area contributed by atoms with E-state index in [1.165, 1.54) is 0 Å². The number of nitrogens with one attached hydrogen (secondary N) is 3. The van der Waals surface area contributed by atoms with Crippen LogP contribution in [0.3, 0.4) is 0 Å². The summed E-state index contributed by atoms with van der Waals surface area (Å²) in [7, 11) is 1.63. The van der Waals surface area contributed by atoms with Crippen LogP contribution in [0.5, 0.6) is 0 Å². The Morgan fingerprint density at radius 2 is 1.92 bits per heavy atom. The quantitative estimate of drug-likeness (QED) is 0.525. The molecule has 0 aliphatic carbocycles. The summed E-state index contributed by atoms with van der Waals surface area (Å²) >= 11 is 0. The van der Waals surface area contributed by atoms with Crippen LogP contribution >= 0.6 is 0 Å². The molecule has 10 nitrogen and oxygen atoms in total. The van der Waals surface area contributed by atoms with Crippen molar-refractivity contribution in [3.8, 4) is 6.07 Å². The van der Waals surface area contributed by atoms with Gasteiger partial charge in [-0.1, -0.05) is 19.1 Å². The summed E-state index contributed by atoms with van der Waals surface area (Å²) in [5, 5.41) is 14.5. The highest BCUT2D eigenvalue weighted by atomic mass is 16.6. The first-order valence-electron chi connectivity index (χ1n) is 12.3. The number of likely N-dealkylation sites (tertiary alicyclic amines) is 1. The Morgan fingerprint density at radius 3 is 2.53 bits per heavy atom. The van der Waals surface area contributed by atoms with E-state index in [9.17, 15) is 14.9 Å². The van der Waals surface area contributed by atoms with E-state index in [-0.39, 0.29) is 17.9 Å². The van der Waals surface area contributed by atoms with E-state index in [1.54, 1.807) is 32.8 Å². The molecule has 2 heterocycles. The molecule has 0 aromatic heterocycles. The topological polar surface area (TPSA) is 119 Å². The van der Waals surface area contributed by atoms with E-state index in [2.05, 4.69) is 22.3 Å². The highest BCUT2D eigenvalue weighted by Crippen LogP contribution is 2.30. The van der Waals surface area contributed by atoms with Crippen LogP contribution in [0.25, 0.3) is 0 Å². The highest BCUT2D eigenvalue weighted by molar-refractivity contribution is 5.87. The number of rotatable bonds is 7. The molecular formula is C26H38N6O4. The maximum atomic E-state index is 13.4. The largest absolute Gasteiger partial charge is 0.444 e. The first-order valence-corrected chi connectivity index (χ1v) is 12.3. The Morgan fingerprint density at radius 1 is 1.22 bits per heavy atom. The molecule has 1 aromatic carbocycles. The van der Waals surface area contributed by atoms with Gasteiger partial charge in [-0.05, 0) is 64.2 Å². The average molecular weight is 499 g/mol. The second-order valence-corrected chi connectivity index (χ2v) is 10.5. The molecule has 0 bridgehead atoms. The number of nitrogens with zero attached hydrogens (tertiary/aromatic N) is 3. The summed E-state index contributed by atoms with van der Waals surface area (Å²) in [6.07, 6.45) is 3.36. The number of ether oxygens (including phenoxy) is 2. The lowest BCUT2D eigenvalue weighted by atomic mass is 9.86. The van der Waals surface area contributed by atoms with Crippen molar-refractivity contribution in [2.75, 3.05) is 18.7 Å². The van der Waals surface area contributed by atoms with Gasteiger partial charge in [-0.15, -0.1) is 5.53 Å². The van der Waals surface area contributed by atoms with Gasteiger partial charge in [-0.25, -0.2) is 4.79 Å². The number of hydrazine groups is 2. The molecule has 2 aliphatic heterocycles. The Bertz CT molecular complexity index is 997. The van der Waals surface area contributed by atoms with Gasteiger partial charge in [0.2, 0.25) is 5.91 Å². The lowest BCUT2D eigenvalue weighted by Gasteiger charge is -2.43. The van der Waals surface area contributed by atoms with Gasteiger partial charge in [0, 0.05) is 25.8 Å². The smallest absolute Gasteiger partial charge is 0.411 e. The summed E-state index contributed by atoms with van der Waals surface area (Å²) in [6, 6.07) is 8.36. The summed E-state index contributed by atoms with van der Waals surface area (Å²) in [5.74, 6) is -0.379. The molecule has 0 unspecified atom stereocenters. The van der Waals surface area contributed by atoms with Gasteiger partial charge in [-0.2, -0.15) is 5.26 Å². The predicted octanol–water partition coefficient (Wildman–Crippen LogP) is 2.98. The van der Waals surface area contributed by atoms with Gasteiger partial charge in [-0.3, -0.25) is 14.7 Å². The van der Waals surface area contributed by atoms with E-state index < -0.39 is 23.8 Å². The molecule has 4 atom stereocenters. The van der Waals surface area contributed by atoms with E-state index >= 15 is 0 Å². The molecule has 1 aromatic rings. The molecule has 1 fully saturated rings. The number of hydrogen-bond acceptors (Lipinski definition) is 8. The van der Waals surface area contributed by atoms with Crippen molar-refractivity contribution in [3.63, 3.8) is 0 Å². The lowest BCUT2D eigenvalue weighted by molar-refractivity contribution is -0.131. The van der Waals surface area contributed by atoms with Crippen LogP contribution in [-0.4, -0.2) is 54.3 Å². The first-order chi connectivity index (χ1) is 17.0. The summed E-state index contributed by atoms with van der Waals surface area (Å²) in [4.78, 5) is 27.9. The number of piperidine rings is 1. The molecule has 0 spiro atoms. The minimum Gasteiger partial charge on any atom is -0.444 e. The average Bonchev–Trinajstić information content (AvgIpc) is 3.28. The molecule has 10 heteroatoms. The number of amides is 2. The Balaban J connectivity index is 1.66. The summed E-state index contributed by atoms with van der Waals surface area (Å²) in [6.45, 7) is 9.77. The molecular weight excluding hydrogens is 460 g/mol. The van der Waals surface area contributed by atoms with Gasteiger partial charge in [0.25, 0.3) is 0 Å². The zero-order chi connectivity index (χ0) is 26.5. The molecule has 0 saturated carbocycles. The SMILES string of the molecule is COCC1=CN(c2ccc(C[C@@H](C#N)NC(=O)[C@@H]3[C@H](C)CC[C@H](C)N3C(=O)OC(C)(C)C)cc2)NN1. The maximum absolute atomic E-state index is 13.4. The molecule has 3 N–H and O–H groups in total. The van der Waals surface area contributed by atoms with Crippen molar-refractivity contribution < 1.29 is 19.1 Å². The highest BCUT2D eigenvalue weighted by Gasteiger charge is 2.42. The van der Waals surface area contributed by atoms with E-state index in [0.717, 1.165) is 29.8 Å². The fraction of sp³-hybridized carbons (Fsp3) is 0.577. The van der Waals surface area contributed by atoms with Crippen molar-refractivity contribution in [1.82, 2.24) is 21.2 Å². The number of benzene rings is 1. The predicted molar refractivity (Wildman–Crippen MR) is 136 cm³/mol. The van der Waals surface area contributed by atoms with Gasteiger partial charge in [0.05, 0.1) is 24.1 Å². The number of carbonyl (C=O) groups is 2. The molecule has 36 heavy (non-hydrogen) atoms. The molecule has 2 aliphatic rings. The minimum absolute atomic E-state index is 0.0510. The zero-order valence-electron chi connectivity index (χ0n) is 22.0. The van der Waals surface area contributed by atoms with Crippen molar-refractivity contribution in [3.05, 3.63) is 41.7 Å². The minimum atomic E-state index is -0.729. The molecule has 3 rings (SSSR count). The van der Waals surface area contributed by atoms with Crippen molar-refractivity contribution in [2.45, 2.75) is 77.6 Å². The maximum Gasteiger partial charge on any atom is 0.411 e. The summed E-state index contributed by atoms with van der Waals surface area (Å²) < 4.78 is 10.7. The third-order valence-corrected chi connectivity index (χ3v) is 6.27. The summed E-state index contributed by atoms with van der Waals surface area (Å²) in [5.41, 5.74) is 8.12. The van der Waals surface area contributed by atoms with Gasteiger partial charge < -0.3 is 20.2 Å². The standard InChI is InChI=1S/C26H38N6O4/c1-17-7-8-18(2)32(25(34)36-26(3,4)5)23(17)24(33)28-20(14-27)13-19-9-11-22(12-10-19)31-15-21(16-35-6)29-30-31/h9-12,15,17-18,20,23,29-30H,7-8,13,16H2,1-6H3,(H,28,33)/t17-,18+,20+,23+/m1/s1. The molecule has 0 radical (unpaired) electrons. The van der Waals surface area contributed by atoms with Crippen LogP contribution in [0, 0.1) is 17.2 Å². The Kier molecular flexibility index (Phi) is 8.82. The molecule has 196 valence electrons. The first kappa shape index (κ1) is 27.3. The fourth-order valence-corrected chi connectivity index (χ4v) is 4.48. The van der Waals surface area contributed by atoms with E-state index in [1.807, 2.05) is 49.3 Å². The van der Waals surface area contributed by atoms with Gasteiger partial charge >= 0.3 is 6.09 Å². The number of hydrogen-bond donors (Lipinski definition) is 3. The van der Waals surface area contributed by atoms with Crippen LogP contribution in [0.15, 0.2) is 36.2 Å². The number of anilines is 1. The number of carbonyl (C=O) groups excluding carboxylic acids is 2.